The summed E-state index contributed by atoms with van der Waals surface area (Å²) in [6.45, 7) is 2.22. The summed E-state index contributed by atoms with van der Waals surface area (Å²) in [6, 6.07) is 10.2. The van der Waals surface area contributed by atoms with Crippen LogP contribution in [0.3, 0.4) is 0 Å². The lowest BCUT2D eigenvalue weighted by atomic mass is 10.2. The molecule has 2 aromatic rings. The van der Waals surface area contributed by atoms with Gasteiger partial charge in [0.1, 0.15) is 6.61 Å². The lowest BCUT2D eigenvalue weighted by Crippen LogP contribution is -2.05. The molecule has 116 valence electrons. The van der Waals surface area contributed by atoms with Crippen LogP contribution in [0.2, 0.25) is 15.1 Å². The van der Waals surface area contributed by atoms with Crippen molar-refractivity contribution in [3.05, 3.63) is 62.6 Å². The molecule has 0 saturated carbocycles. The third kappa shape index (κ3) is 4.07. The Morgan fingerprint density at radius 2 is 1.68 bits per heavy atom. The topological polar surface area (TPSA) is 35.5 Å². The molecule has 0 saturated heterocycles. The minimum absolute atomic E-state index is 0.220. The highest BCUT2D eigenvalue weighted by Crippen LogP contribution is 2.35. The first kappa shape index (κ1) is 16.9. The SMILES string of the molecule is CCOC(=O)c1cc(Cl)c(OCc2ccccc2Cl)c(Cl)c1. The van der Waals surface area contributed by atoms with E-state index in [9.17, 15) is 4.79 Å². The first-order valence-corrected chi connectivity index (χ1v) is 7.68. The fourth-order valence-corrected chi connectivity index (χ4v) is 2.58. The van der Waals surface area contributed by atoms with Crippen LogP contribution in [0, 0.1) is 0 Å². The zero-order valence-electron chi connectivity index (χ0n) is 11.7. The van der Waals surface area contributed by atoms with E-state index in [0.29, 0.717) is 10.8 Å². The van der Waals surface area contributed by atoms with Gasteiger partial charge in [-0.1, -0.05) is 53.0 Å². The van der Waals surface area contributed by atoms with Crippen LogP contribution >= 0.6 is 34.8 Å². The van der Waals surface area contributed by atoms with E-state index in [-0.39, 0.29) is 28.8 Å². The number of hydrogen-bond acceptors (Lipinski definition) is 3. The fourth-order valence-electron chi connectivity index (χ4n) is 1.80. The molecule has 3 nitrogen and oxygen atoms in total. The molecule has 0 amide bonds. The summed E-state index contributed by atoms with van der Waals surface area (Å²) < 4.78 is 10.5. The van der Waals surface area contributed by atoms with Crippen molar-refractivity contribution in [2.45, 2.75) is 13.5 Å². The summed E-state index contributed by atoms with van der Waals surface area (Å²) in [5, 5.41) is 1.07. The molecule has 0 aliphatic rings. The molecular formula is C16H13Cl3O3. The molecule has 0 radical (unpaired) electrons. The predicted octanol–water partition coefficient (Wildman–Crippen LogP) is 5.40. The number of ether oxygens (including phenoxy) is 2. The number of hydrogen-bond donors (Lipinski definition) is 0. The summed E-state index contributed by atoms with van der Waals surface area (Å²) in [6.07, 6.45) is 0. The van der Waals surface area contributed by atoms with Crippen LogP contribution in [-0.2, 0) is 11.3 Å². The zero-order valence-corrected chi connectivity index (χ0v) is 14.0. The number of benzene rings is 2. The summed E-state index contributed by atoms with van der Waals surface area (Å²) in [5.41, 5.74) is 1.09. The summed E-state index contributed by atoms with van der Waals surface area (Å²) in [4.78, 5) is 11.7. The van der Waals surface area contributed by atoms with Crippen LogP contribution in [0.1, 0.15) is 22.8 Å². The van der Waals surface area contributed by atoms with E-state index in [0.717, 1.165) is 5.56 Å². The van der Waals surface area contributed by atoms with E-state index in [1.165, 1.54) is 12.1 Å². The van der Waals surface area contributed by atoms with Gasteiger partial charge in [-0.25, -0.2) is 4.79 Å². The first-order valence-electron chi connectivity index (χ1n) is 6.55. The maximum absolute atomic E-state index is 11.7. The van der Waals surface area contributed by atoms with Gasteiger partial charge in [-0.05, 0) is 25.1 Å². The highest BCUT2D eigenvalue weighted by Gasteiger charge is 2.15. The molecule has 0 atom stereocenters. The smallest absolute Gasteiger partial charge is 0.338 e. The predicted molar refractivity (Wildman–Crippen MR) is 88.2 cm³/mol. The first-order chi connectivity index (χ1) is 10.5. The highest BCUT2D eigenvalue weighted by molar-refractivity contribution is 6.37. The van der Waals surface area contributed by atoms with Gasteiger partial charge in [0.2, 0.25) is 0 Å². The van der Waals surface area contributed by atoms with Crippen LogP contribution in [0.15, 0.2) is 36.4 Å². The van der Waals surface area contributed by atoms with Crippen molar-refractivity contribution >= 4 is 40.8 Å². The van der Waals surface area contributed by atoms with E-state index < -0.39 is 5.97 Å². The second kappa shape index (κ2) is 7.73. The van der Waals surface area contributed by atoms with Gasteiger partial charge < -0.3 is 9.47 Å². The molecule has 0 heterocycles. The van der Waals surface area contributed by atoms with Crippen molar-refractivity contribution in [2.24, 2.45) is 0 Å². The van der Waals surface area contributed by atoms with Crippen LogP contribution in [0.4, 0.5) is 0 Å². The monoisotopic (exact) mass is 358 g/mol. The van der Waals surface area contributed by atoms with E-state index >= 15 is 0 Å². The molecule has 0 aromatic heterocycles. The van der Waals surface area contributed by atoms with Crippen molar-refractivity contribution in [1.82, 2.24) is 0 Å². The zero-order chi connectivity index (χ0) is 16.1. The Bertz CT molecular complexity index is 663. The Balaban J connectivity index is 2.18. The van der Waals surface area contributed by atoms with Crippen LogP contribution in [0.5, 0.6) is 5.75 Å². The van der Waals surface area contributed by atoms with Crippen LogP contribution in [0.25, 0.3) is 0 Å². The van der Waals surface area contributed by atoms with Gasteiger partial charge in [0.15, 0.2) is 5.75 Å². The number of carbonyl (C=O) groups excluding carboxylic acids is 1. The van der Waals surface area contributed by atoms with Gasteiger partial charge in [-0.3, -0.25) is 0 Å². The summed E-state index contributed by atoms with van der Waals surface area (Å²) in [5.74, 6) is -0.180. The third-order valence-electron chi connectivity index (χ3n) is 2.84. The Morgan fingerprint density at radius 1 is 1.05 bits per heavy atom. The average Bonchev–Trinajstić information content (AvgIpc) is 2.48. The van der Waals surface area contributed by atoms with Gasteiger partial charge in [0.05, 0.1) is 22.2 Å². The minimum atomic E-state index is -0.482. The van der Waals surface area contributed by atoms with Crippen molar-refractivity contribution in [3.63, 3.8) is 0 Å². The number of halogens is 3. The van der Waals surface area contributed by atoms with Crippen molar-refractivity contribution in [3.8, 4) is 5.75 Å². The molecule has 0 aliphatic carbocycles. The van der Waals surface area contributed by atoms with E-state index in [1.807, 2.05) is 18.2 Å². The van der Waals surface area contributed by atoms with Crippen molar-refractivity contribution < 1.29 is 14.3 Å². The summed E-state index contributed by atoms with van der Waals surface area (Å²) >= 11 is 18.3. The molecule has 2 rings (SSSR count). The molecule has 22 heavy (non-hydrogen) atoms. The Kier molecular flexibility index (Phi) is 5.95. The Morgan fingerprint density at radius 3 is 2.27 bits per heavy atom. The minimum Gasteiger partial charge on any atom is -0.486 e. The molecular weight excluding hydrogens is 347 g/mol. The second-order valence-corrected chi connectivity index (χ2v) is 5.59. The van der Waals surface area contributed by atoms with E-state index in [4.69, 9.17) is 44.3 Å². The third-order valence-corrected chi connectivity index (χ3v) is 3.77. The molecule has 2 aromatic carbocycles. The molecule has 0 N–H and O–H groups in total. The number of esters is 1. The largest absolute Gasteiger partial charge is 0.486 e. The molecule has 0 bridgehead atoms. The van der Waals surface area contributed by atoms with Gasteiger partial charge in [-0.15, -0.1) is 0 Å². The van der Waals surface area contributed by atoms with E-state index in [2.05, 4.69) is 0 Å². The maximum Gasteiger partial charge on any atom is 0.338 e. The molecule has 6 heteroatoms. The molecule has 0 spiro atoms. The Hall–Kier alpha value is -1.42. The quantitative estimate of drug-likeness (QED) is 0.670. The molecule has 0 aliphatic heterocycles. The highest BCUT2D eigenvalue weighted by atomic mass is 35.5. The van der Waals surface area contributed by atoms with Gasteiger partial charge >= 0.3 is 5.97 Å². The van der Waals surface area contributed by atoms with Crippen molar-refractivity contribution in [2.75, 3.05) is 6.61 Å². The molecule has 0 fully saturated rings. The number of rotatable bonds is 5. The lowest BCUT2D eigenvalue weighted by Gasteiger charge is -2.12. The molecule has 0 unspecified atom stereocenters. The second-order valence-electron chi connectivity index (χ2n) is 4.37. The van der Waals surface area contributed by atoms with Gasteiger partial charge in [0.25, 0.3) is 0 Å². The average molecular weight is 360 g/mol. The van der Waals surface area contributed by atoms with Gasteiger partial charge in [-0.2, -0.15) is 0 Å². The van der Waals surface area contributed by atoms with Crippen LogP contribution in [-0.4, -0.2) is 12.6 Å². The fraction of sp³-hybridized carbons (Fsp3) is 0.188. The van der Waals surface area contributed by atoms with Gasteiger partial charge in [0, 0.05) is 10.6 Å². The van der Waals surface area contributed by atoms with Crippen LogP contribution < -0.4 is 4.74 Å². The van der Waals surface area contributed by atoms with Crippen molar-refractivity contribution in [1.29, 1.82) is 0 Å². The standard InChI is InChI=1S/C16H13Cl3O3/c1-2-21-16(20)11-7-13(18)15(14(19)8-11)22-9-10-5-3-4-6-12(10)17/h3-8H,2,9H2,1H3. The van der Waals surface area contributed by atoms with E-state index in [1.54, 1.807) is 13.0 Å². The normalized spacial score (nSPS) is 10.4. The maximum atomic E-state index is 11.7. The lowest BCUT2D eigenvalue weighted by molar-refractivity contribution is 0.0526. The summed E-state index contributed by atoms with van der Waals surface area (Å²) in [7, 11) is 0. The Labute approximate surface area is 143 Å². The number of carbonyl (C=O) groups is 1.